The highest BCUT2D eigenvalue weighted by Gasteiger charge is 2.53. The van der Waals surface area contributed by atoms with E-state index < -0.39 is 5.41 Å². The summed E-state index contributed by atoms with van der Waals surface area (Å²) in [5.41, 5.74) is 22.3. The molecule has 1 spiro atoms. The Labute approximate surface area is 367 Å². The van der Waals surface area contributed by atoms with Gasteiger partial charge in [0.1, 0.15) is 11.2 Å². The van der Waals surface area contributed by atoms with Gasteiger partial charge >= 0.3 is 0 Å². The van der Waals surface area contributed by atoms with Crippen molar-refractivity contribution in [1.29, 1.82) is 0 Å². The first-order valence-corrected chi connectivity index (χ1v) is 21.9. The van der Waals surface area contributed by atoms with Crippen LogP contribution < -0.4 is 4.90 Å². The second-order valence-electron chi connectivity index (χ2n) is 16.9. The van der Waals surface area contributed by atoms with E-state index in [1.54, 1.807) is 0 Å². The van der Waals surface area contributed by atoms with Crippen LogP contribution in [-0.4, -0.2) is 0 Å². The van der Waals surface area contributed by atoms with Crippen molar-refractivity contribution < 1.29 is 4.42 Å². The number of hydrogen-bond acceptors (Lipinski definition) is 2. The normalized spacial score (nSPS) is 14.1. The quantitative estimate of drug-likeness (QED) is 0.167. The number of nitrogens with zero attached hydrogens (tertiary/aromatic N) is 1. The number of fused-ring (bicyclic) bond motifs is 13. The first-order chi connectivity index (χ1) is 31.2. The van der Waals surface area contributed by atoms with Gasteiger partial charge in [-0.05, 0) is 146 Å². The van der Waals surface area contributed by atoms with Crippen LogP contribution in [0.5, 0.6) is 0 Å². The van der Waals surface area contributed by atoms with Crippen LogP contribution in [0.15, 0.2) is 222 Å². The second kappa shape index (κ2) is 14.0. The van der Waals surface area contributed by atoms with E-state index in [0.29, 0.717) is 0 Å². The number of anilines is 2. The fraction of sp³-hybridized carbons (Fsp3) is 0.0492. The third-order valence-corrected chi connectivity index (χ3v) is 13.6. The van der Waals surface area contributed by atoms with E-state index in [4.69, 9.17) is 4.42 Å². The van der Waals surface area contributed by atoms with Crippen LogP contribution in [0.3, 0.4) is 0 Å². The smallest absolute Gasteiger partial charge is 0.136 e. The molecular formula is C61H39NO. The Morgan fingerprint density at radius 3 is 1.84 bits per heavy atom. The Morgan fingerprint density at radius 2 is 1.08 bits per heavy atom. The summed E-state index contributed by atoms with van der Waals surface area (Å²) in [6, 6.07) is 79.7. The van der Waals surface area contributed by atoms with Crippen LogP contribution in [0.25, 0.3) is 72.0 Å². The van der Waals surface area contributed by atoms with Crippen LogP contribution >= 0.6 is 0 Å². The number of para-hydroxylation sites is 1. The van der Waals surface area contributed by atoms with E-state index in [1.165, 1.54) is 66.8 Å². The second-order valence-corrected chi connectivity index (χ2v) is 16.9. The summed E-state index contributed by atoms with van der Waals surface area (Å²) >= 11 is 0. The minimum Gasteiger partial charge on any atom is -0.456 e. The van der Waals surface area contributed by atoms with Crippen LogP contribution in [0, 0.1) is 12.1 Å². The average molecular weight is 802 g/mol. The van der Waals surface area contributed by atoms with Gasteiger partial charge < -0.3 is 9.32 Å². The summed E-state index contributed by atoms with van der Waals surface area (Å²) in [7, 11) is 0. The minimum absolute atomic E-state index is 0.497. The molecule has 3 aliphatic carbocycles. The van der Waals surface area contributed by atoms with E-state index in [0.717, 1.165) is 63.0 Å². The molecule has 0 unspecified atom stereocenters. The van der Waals surface area contributed by atoms with E-state index in [9.17, 15) is 0 Å². The number of hydrogen-bond donors (Lipinski definition) is 0. The van der Waals surface area contributed by atoms with E-state index in [-0.39, 0.29) is 0 Å². The molecule has 0 N–H and O–H groups in total. The molecule has 0 fully saturated rings. The molecule has 0 bridgehead atoms. The van der Waals surface area contributed by atoms with E-state index in [2.05, 4.69) is 211 Å². The fourth-order valence-electron chi connectivity index (χ4n) is 10.9. The summed E-state index contributed by atoms with van der Waals surface area (Å²) < 4.78 is 6.29. The van der Waals surface area contributed by atoms with Gasteiger partial charge in [0, 0.05) is 33.4 Å². The maximum Gasteiger partial charge on any atom is 0.136 e. The lowest BCUT2D eigenvalue weighted by Crippen LogP contribution is -2.27. The first kappa shape index (κ1) is 35.6. The maximum absolute atomic E-state index is 6.29. The van der Waals surface area contributed by atoms with Gasteiger partial charge in [-0.25, -0.2) is 0 Å². The van der Waals surface area contributed by atoms with Crippen molar-refractivity contribution in [3.05, 3.63) is 258 Å². The molecule has 294 valence electrons. The Morgan fingerprint density at radius 1 is 0.476 bits per heavy atom. The Bertz CT molecular complexity index is 3430. The number of furan rings is 1. The third-order valence-electron chi connectivity index (χ3n) is 13.6. The third kappa shape index (κ3) is 5.33. The van der Waals surface area contributed by atoms with Crippen LogP contribution in [0.4, 0.5) is 11.4 Å². The predicted octanol–water partition coefficient (Wildman–Crippen LogP) is 15.8. The van der Waals surface area contributed by atoms with Gasteiger partial charge in [0.15, 0.2) is 0 Å². The molecule has 0 amide bonds. The van der Waals surface area contributed by atoms with Crippen LogP contribution in [0.1, 0.15) is 40.7 Å². The maximum atomic E-state index is 6.29. The molecule has 2 nitrogen and oxygen atoms in total. The molecule has 2 heteroatoms. The van der Waals surface area contributed by atoms with Crippen molar-refractivity contribution in [2.75, 3.05) is 4.90 Å². The van der Waals surface area contributed by atoms with Gasteiger partial charge in [-0.1, -0.05) is 164 Å². The summed E-state index contributed by atoms with van der Waals surface area (Å²) in [4.78, 5) is 2.43. The van der Waals surface area contributed by atoms with Crippen molar-refractivity contribution in [3.63, 3.8) is 0 Å². The average Bonchev–Trinajstić information content (AvgIpc) is 3.99. The molecule has 9 aromatic carbocycles. The molecule has 10 aromatic rings. The fourth-order valence-corrected chi connectivity index (χ4v) is 10.9. The predicted molar refractivity (Wildman–Crippen MR) is 259 cm³/mol. The highest BCUT2D eigenvalue weighted by molar-refractivity contribution is 6.06. The molecule has 63 heavy (non-hydrogen) atoms. The van der Waals surface area contributed by atoms with Gasteiger partial charge in [-0.2, -0.15) is 0 Å². The highest BCUT2D eigenvalue weighted by Crippen LogP contribution is 2.63. The molecule has 0 atom stereocenters. The van der Waals surface area contributed by atoms with Gasteiger partial charge in [0.2, 0.25) is 0 Å². The lowest BCUT2D eigenvalue weighted by molar-refractivity contribution is 0.669. The number of rotatable bonds is 6. The number of benzene rings is 8. The number of allylic oxidation sites excluding steroid dienone is 3. The Balaban J connectivity index is 0.950. The van der Waals surface area contributed by atoms with Crippen molar-refractivity contribution in [2.24, 2.45) is 0 Å². The molecule has 13 rings (SSSR count). The standard InChI is InChI=1S/C61H39NO/c1-2-14-40(15-3-1)41-28-33-45(34-29-41)62(46-35-30-42(31-36-46)43-32-37-53-52-21-7-11-27-58(52)63-59(53)39-43)47-17-12-16-44(38-47)48-22-13-23-54-51-20-6-10-26-57(51)61(60(48)54)55-24-8-4-18-49(55)50-19-5-9-25-56(50)61/h1-9,11,13-15,17-25,27-39H,12,16H2. The van der Waals surface area contributed by atoms with Crippen LogP contribution in [0.2, 0.25) is 0 Å². The van der Waals surface area contributed by atoms with E-state index >= 15 is 0 Å². The molecule has 0 saturated heterocycles. The minimum atomic E-state index is -0.497. The lowest BCUT2D eigenvalue weighted by Gasteiger charge is -2.33. The zero-order chi connectivity index (χ0) is 41.5. The zero-order valence-corrected chi connectivity index (χ0v) is 34.5. The molecule has 3 aliphatic rings. The summed E-state index contributed by atoms with van der Waals surface area (Å²) in [6.45, 7) is 0. The zero-order valence-electron chi connectivity index (χ0n) is 34.5. The van der Waals surface area contributed by atoms with Crippen molar-refractivity contribution in [3.8, 4) is 44.5 Å². The molecule has 1 aromatic heterocycles. The molecular weight excluding hydrogens is 763 g/mol. The topological polar surface area (TPSA) is 16.4 Å². The molecule has 1 heterocycles. The first-order valence-electron chi connectivity index (χ1n) is 21.9. The van der Waals surface area contributed by atoms with Crippen molar-refractivity contribution >= 4 is 38.9 Å². The Hall–Kier alpha value is -8.12. The lowest BCUT2D eigenvalue weighted by atomic mass is 9.68. The van der Waals surface area contributed by atoms with Gasteiger partial charge in [0.25, 0.3) is 0 Å². The molecule has 0 radical (unpaired) electrons. The van der Waals surface area contributed by atoms with Crippen LogP contribution in [-0.2, 0) is 5.41 Å². The SMILES string of the molecule is c1ccc2c(c#1)C1(c3ccccc3-c3ccccc31)c1c(C3=CC(N(c4ccc(-c5ccccc5)cc4)c4ccc(-c5ccc6c(c5)oc5ccccc56)cc4)=CCC3)cccc1-2. The summed E-state index contributed by atoms with van der Waals surface area (Å²) in [6.07, 6.45) is 6.73. The van der Waals surface area contributed by atoms with Crippen molar-refractivity contribution in [2.45, 2.75) is 18.3 Å². The van der Waals surface area contributed by atoms with Crippen molar-refractivity contribution in [1.82, 2.24) is 0 Å². The van der Waals surface area contributed by atoms with Gasteiger partial charge in [0.05, 0.1) is 5.41 Å². The largest absolute Gasteiger partial charge is 0.456 e. The van der Waals surface area contributed by atoms with Gasteiger partial charge in [-0.15, -0.1) is 0 Å². The summed E-state index contributed by atoms with van der Waals surface area (Å²) in [5.74, 6) is 0. The van der Waals surface area contributed by atoms with Gasteiger partial charge in [-0.3, -0.25) is 0 Å². The Kier molecular flexibility index (Phi) is 7.89. The highest BCUT2D eigenvalue weighted by atomic mass is 16.3. The summed E-state index contributed by atoms with van der Waals surface area (Å²) in [5, 5.41) is 2.28. The molecule has 0 saturated carbocycles. The molecule has 0 aliphatic heterocycles. The van der Waals surface area contributed by atoms with E-state index in [1.807, 2.05) is 18.2 Å². The monoisotopic (exact) mass is 801 g/mol.